The Hall–Kier alpha value is -1.13. The number of thiophene rings is 2. The normalized spacial score (nSPS) is 19.1. The zero-order chi connectivity index (χ0) is 11.8. The Morgan fingerprint density at radius 2 is 2.35 bits per heavy atom. The molecule has 0 saturated heterocycles. The quantitative estimate of drug-likeness (QED) is 0.769. The van der Waals surface area contributed by atoms with E-state index in [0.29, 0.717) is 6.04 Å². The minimum atomic E-state index is 0.416. The van der Waals surface area contributed by atoms with Gasteiger partial charge in [-0.25, -0.2) is 0 Å². The van der Waals surface area contributed by atoms with Crippen LogP contribution in [0.25, 0.3) is 0 Å². The maximum atomic E-state index is 10.7. The van der Waals surface area contributed by atoms with Crippen LogP contribution in [-0.2, 0) is 6.42 Å². The molecule has 2 aromatic heterocycles. The minimum absolute atomic E-state index is 0.416. The van der Waals surface area contributed by atoms with Crippen LogP contribution in [0.5, 0.6) is 0 Å². The summed E-state index contributed by atoms with van der Waals surface area (Å²) in [5.41, 5.74) is 2.63. The van der Waals surface area contributed by atoms with Crippen LogP contribution in [0.2, 0.25) is 0 Å². The van der Waals surface area contributed by atoms with E-state index in [2.05, 4.69) is 28.7 Å². The van der Waals surface area contributed by atoms with Crippen LogP contribution in [0.3, 0.4) is 0 Å². The lowest BCUT2D eigenvalue weighted by Gasteiger charge is -2.34. The lowest BCUT2D eigenvalue weighted by Crippen LogP contribution is -2.32. The van der Waals surface area contributed by atoms with E-state index in [-0.39, 0.29) is 0 Å². The second kappa shape index (κ2) is 4.27. The number of rotatable bonds is 2. The van der Waals surface area contributed by atoms with E-state index in [9.17, 15) is 4.79 Å². The van der Waals surface area contributed by atoms with Gasteiger partial charge in [0.25, 0.3) is 0 Å². The summed E-state index contributed by atoms with van der Waals surface area (Å²) in [4.78, 5) is 15.4. The molecule has 88 valence electrons. The molecule has 0 saturated carbocycles. The smallest absolute Gasteiger partial charge is 0.160 e. The van der Waals surface area contributed by atoms with Gasteiger partial charge in [0.2, 0.25) is 0 Å². The summed E-state index contributed by atoms with van der Waals surface area (Å²) < 4.78 is 0. The van der Waals surface area contributed by atoms with E-state index >= 15 is 0 Å². The molecule has 1 aliphatic heterocycles. The first-order chi connectivity index (χ1) is 8.29. The molecule has 0 aliphatic carbocycles. The van der Waals surface area contributed by atoms with Crippen molar-refractivity contribution in [3.8, 4) is 0 Å². The summed E-state index contributed by atoms with van der Waals surface area (Å²) in [5.74, 6) is 0. The summed E-state index contributed by atoms with van der Waals surface area (Å²) in [7, 11) is 0. The van der Waals surface area contributed by atoms with Crippen molar-refractivity contribution in [2.45, 2.75) is 19.4 Å². The van der Waals surface area contributed by atoms with Gasteiger partial charge in [-0.3, -0.25) is 4.79 Å². The van der Waals surface area contributed by atoms with Crippen molar-refractivity contribution in [1.82, 2.24) is 0 Å². The zero-order valence-corrected chi connectivity index (χ0v) is 11.2. The molecule has 0 N–H and O–H groups in total. The number of anilines is 1. The molecular formula is C13H13NOS2. The molecule has 4 heteroatoms. The Kier molecular flexibility index (Phi) is 2.76. The third-order valence-corrected chi connectivity index (χ3v) is 5.17. The van der Waals surface area contributed by atoms with Gasteiger partial charge in [0.15, 0.2) is 6.29 Å². The number of fused-ring (bicyclic) bond motifs is 1. The Morgan fingerprint density at radius 3 is 3.12 bits per heavy atom. The highest BCUT2D eigenvalue weighted by Gasteiger charge is 2.25. The molecule has 1 aliphatic rings. The molecule has 0 amide bonds. The van der Waals surface area contributed by atoms with Gasteiger partial charge in [0.05, 0.1) is 10.9 Å². The highest BCUT2D eigenvalue weighted by molar-refractivity contribution is 7.12. The van der Waals surface area contributed by atoms with Crippen LogP contribution in [0.1, 0.15) is 33.1 Å². The van der Waals surface area contributed by atoms with Gasteiger partial charge >= 0.3 is 0 Å². The Morgan fingerprint density at radius 1 is 1.47 bits per heavy atom. The number of carbonyl (C=O) groups is 1. The summed E-state index contributed by atoms with van der Waals surface area (Å²) in [6, 6.07) is 4.63. The van der Waals surface area contributed by atoms with Crippen LogP contribution < -0.4 is 4.90 Å². The molecule has 1 unspecified atom stereocenters. The average Bonchev–Trinajstić information content (AvgIpc) is 2.97. The number of hydrogen-bond acceptors (Lipinski definition) is 4. The van der Waals surface area contributed by atoms with E-state index in [1.165, 1.54) is 27.5 Å². The fourth-order valence-corrected chi connectivity index (χ4v) is 4.08. The van der Waals surface area contributed by atoms with Gasteiger partial charge in [-0.2, -0.15) is 0 Å². The lowest BCUT2D eigenvalue weighted by molar-refractivity contribution is 0.112. The first-order valence-electron chi connectivity index (χ1n) is 5.66. The second-order valence-corrected chi connectivity index (χ2v) is 6.19. The number of aldehydes is 1. The highest BCUT2D eigenvalue weighted by atomic mass is 32.1. The molecular weight excluding hydrogens is 250 g/mol. The Balaban J connectivity index is 1.93. The number of nitrogens with zero attached hydrogens (tertiary/aromatic N) is 1. The van der Waals surface area contributed by atoms with Gasteiger partial charge in [-0.15, -0.1) is 22.7 Å². The molecule has 0 aromatic carbocycles. The summed E-state index contributed by atoms with van der Waals surface area (Å²) >= 11 is 3.38. The van der Waals surface area contributed by atoms with Crippen LogP contribution in [0.4, 0.5) is 5.69 Å². The monoisotopic (exact) mass is 263 g/mol. The van der Waals surface area contributed by atoms with E-state index in [1.807, 2.05) is 17.4 Å². The van der Waals surface area contributed by atoms with Gasteiger partial charge in [-0.05, 0) is 36.4 Å². The van der Waals surface area contributed by atoms with E-state index < -0.39 is 0 Å². The summed E-state index contributed by atoms with van der Waals surface area (Å²) in [5, 5.41) is 4.26. The number of carbonyl (C=O) groups excluding carboxylic acids is 1. The SMILES string of the molecule is CC1c2ccsc2CCN1c1csc(C=O)c1. The van der Waals surface area contributed by atoms with Crippen LogP contribution in [0.15, 0.2) is 22.9 Å². The fourth-order valence-electron chi connectivity index (χ4n) is 2.42. The topological polar surface area (TPSA) is 20.3 Å². The van der Waals surface area contributed by atoms with Gasteiger partial charge < -0.3 is 4.90 Å². The highest BCUT2D eigenvalue weighted by Crippen LogP contribution is 2.37. The van der Waals surface area contributed by atoms with Crippen molar-refractivity contribution in [1.29, 1.82) is 0 Å². The van der Waals surface area contributed by atoms with Crippen LogP contribution in [-0.4, -0.2) is 12.8 Å². The number of hydrogen-bond donors (Lipinski definition) is 0. The molecule has 2 aromatic rings. The van der Waals surface area contributed by atoms with Crippen molar-refractivity contribution in [3.63, 3.8) is 0 Å². The van der Waals surface area contributed by atoms with E-state index in [4.69, 9.17) is 0 Å². The Bertz CT molecular complexity index is 543. The predicted molar refractivity (Wildman–Crippen MR) is 73.5 cm³/mol. The van der Waals surface area contributed by atoms with Crippen LogP contribution in [0, 0.1) is 0 Å². The van der Waals surface area contributed by atoms with Crippen molar-refractivity contribution in [2.75, 3.05) is 11.4 Å². The molecule has 2 nitrogen and oxygen atoms in total. The van der Waals surface area contributed by atoms with Crippen molar-refractivity contribution in [3.05, 3.63) is 38.2 Å². The molecule has 3 rings (SSSR count). The third-order valence-electron chi connectivity index (χ3n) is 3.33. The third kappa shape index (κ3) is 1.81. The first kappa shape index (κ1) is 11.0. The molecule has 1 atom stereocenters. The molecule has 0 fully saturated rings. The minimum Gasteiger partial charge on any atom is -0.364 e. The molecule has 3 heterocycles. The van der Waals surface area contributed by atoms with Gasteiger partial charge in [0.1, 0.15) is 0 Å². The van der Waals surface area contributed by atoms with Crippen molar-refractivity contribution < 1.29 is 4.79 Å². The fraction of sp³-hybridized carbons (Fsp3) is 0.308. The molecule has 17 heavy (non-hydrogen) atoms. The maximum Gasteiger partial charge on any atom is 0.160 e. The van der Waals surface area contributed by atoms with E-state index in [1.54, 1.807) is 0 Å². The van der Waals surface area contributed by atoms with Crippen molar-refractivity contribution in [2.24, 2.45) is 0 Å². The maximum absolute atomic E-state index is 10.7. The van der Waals surface area contributed by atoms with E-state index in [0.717, 1.165) is 24.1 Å². The zero-order valence-electron chi connectivity index (χ0n) is 9.55. The Labute approximate surface area is 109 Å². The summed E-state index contributed by atoms with van der Waals surface area (Å²) in [6.45, 7) is 3.28. The molecule has 0 radical (unpaired) electrons. The second-order valence-electron chi connectivity index (χ2n) is 4.24. The predicted octanol–water partition coefficient (Wildman–Crippen LogP) is 3.75. The summed E-state index contributed by atoms with van der Waals surface area (Å²) in [6.07, 6.45) is 2.04. The first-order valence-corrected chi connectivity index (χ1v) is 7.42. The standard InChI is InChI=1S/C13H13NOS2/c1-9-12-3-5-16-13(12)2-4-14(9)10-6-11(7-15)17-8-10/h3,5-9H,2,4H2,1H3. The van der Waals surface area contributed by atoms with Crippen LogP contribution >= 0.6 is 22.7 Å². The molecule has 0 spiro atoms. The molecule has 0 bridgehead atoms. The lowest BCUT2D eigenvalue weighted by atomic mass is 10.0. The average molecular weight is 263 g/mol. The van der Waals surface area contributed by atoms with Crippen molar-refractivity contribution >= 4 is 34.6 Å². The van der Waals surface area contributed by atoms with Gasteiger partial charge in [-0.1, -0.05) is 0 Å². The largest absolute Gasteiger partial charge is 0.364 e. The van der Waals surface area contributed by atoms with Gasteiger partial charge in [0, 0.05) is 22.5 Å².